The number of carboxylic acids is 1. The van der Waals surface area contributed by atoms with Crippen molar-refractivity contribution < 1.29 is 19.2 Å². The average Bonchev–Trinajstić information content (AvgIpc) is 2.77. The van der Waals surface area contributed by atoms with Crippen LogP contribution in [0.5, 0.6) is 0 Å². The van der Waals surface area contributed by atoms with E-state index in [0.717, 1.165) is 23.9 Å². The summed E-state index contributed by atoms with van der Waals surface area (Å²) in [6, 6.07) is 3.12. The summed E-state index contributed by atoms with van der Waals surface area (Å²) in [7, 11) is 1.55. The van der Waals surface area contributed by atoms with Crippen LogP contribution in [0.4, 0.5) is 10.1 Å². The minimum Gasteiger partial charge on any atom is -0.481 e. The van der Waals surface area contributed by atoms with E-state index in [1.165, 1.54) is 10.6 Å². The maximum Gasteiger partial charge on any atom is 0.313 e. The molecule has 0 fully saturated rings. The van der Waals surface area contributed by atoms with Crippen LogP contribution in [-0.2, 0) is 11.8 Å². The standard InChI is InChI=1S/C11H9FN4O4S/c1-15-10(13-14-11(15)21-5-9(17)18)7-3-2-6(12)4-8(7)16(19)20/h2-4H,5H2,1H3,(H,17,18). The number of thioether (sulfide) groups is 1. The van der Waals surface area contributed by atoms with Crippen molar-refractivity contribution in [2.75, 3.05) is 5.75 Å². The van der Waals surface area contributed by atoms with E-state index < -0.39 is 22.4 Å². The van der Waals surface area contributed by atoms with E-state index in [-0.39, 0.29) is 17.1 Å². The van der Waals surface area contributed by atoms with Crippen LogP contribution in [0.1, 0.15) is 0 Å². The number of aromatic nitrogens is 3. The summed E-state index contributed by atoms with van der Waals surface area (Å²) in [4.78, 5) is 20.8. The molecule has 0 atom stereocenters. The Balaban J connectivity index is 2.44. The van der Waals surface area contributed by atoms with E-state index in [4.69, 9.17) is 5.11 Å². The Morgan fingerprint density at radius 2 is 2.24 bits per heavy atom. The molecule has 21 heavy (non-hydrogen) atoms. The first-order valence-corrected chi connectivity index (χ1v) is 6.57. The zero-order valence-corrected chi connectivity index (χ0v) is 11.5. The Labute approximate surface area is 121 Å². The Morgan fingerprint density at radius 1 is 1.52 bits per heavy atom. The highest BCUT2D eigenvalue weighted by Crippen LogP contribution is 2.30. The second-order valence-electron chi connectivity index (χ2n) is 3.97. The van der Waals surface area contributed by atoms with Crippen molar-refractivity contribution in [2.45, 2.75) is 5.16 Å². The van der Waals surface area contributed by atoms with Crippen LogP contribution in [0.3, 0.4) is 0 Å². The van der Waals surface area contributed by atoms with Crippen molar-refractivity contribution >= 4 is 23.4 Å². The highest BCUT2D eigenvalue weighted by Gasteiger charge is 2.22. The number of aliphatic carboxylic acids is 1. The molecule has 0 saturated carbocycles. The van der Waals surface area contributed by atoms with Crippen molar-refractivity contribution in [3.63, 3.8) is 0 Å². The van der Waals surface area contributed by atoms with Crippen LogP contribution in [-0.4, -0.2) is 36.5 Å². The number of hydrogen-bond donors (Lipinski definition) is 1. The van der Waals surface area contributed by atoms with Gasteiger partial charge in [0.15, 0.2) is 11.0 Å². The molecule has 1 aromatic carbocycles. The molecule has 2 rings (SSSR count). The van der Waals surface area contributed by atoms with Gasteiger partial charge in [0.1, 0.15) is 5.82 Å². The number of carbonyl (C=O) groups is 1. The molecule has 1 aromatic heterocycles. The topological polar surface area (TPSA) is 111 Å². The van der Waals surface area contributed by atoms with E-state index in [2.05, 4.69) is 10.2 Å². The van der Waals surface area contributed by atoms with Crippen molar-refractivity contribution in [1.82, 2.24) is 14.8 Å². The van der Waals surface area contributed by atoms with Crippen molar-refractivity contribution in [2.24, 2.45) is 7.05 Å². The third kappa shape index (κ3) is 3.16. The van der Waals surface area contributed by atoms with Crippen molar-refractivity contribution in [1.29, 1.82) is 0 Å². The summed E-state index contributed by atoms with van der Waals surface area (Å²) in [5.74, 6) is -1.79. The molecule has 8 nitrogen and oxygen atoms in total. The lowest BCUT2D eigenvalue weighted by Gasteiger charge is -2.04. The highest BCUT2D eigenvalue weighted by atomic mass is 32.2. The minimum atomic E-state index is -1.02. The van der Waals surface area contributed by atoms with Crippen LogP contribution in [0.15, 0.2) is 23.4 Å². The zero-order valence-electron chi connectivity index (χ0n) is 10.7. The molecule has 1 N–H and O–H groups in total. The summed E-state index contributed by atoms with van der Waals surface area (Å²) < 4.78 is 14.5. The molecule has 0 aliphatic rings. The van der Waals surface area contributed by atoms with Gasteiger partial charge in [0.2, 0.25) is 0 Å². The van der Waals surface area contributed by atoms with Gasteiger partial charge < -0.3 is 9.67 Å². The van der Waals surface area contributed by atoms with Gasteiger partial charge >= 0.3 is 5.97 Å². The quantitative estimate of drug-likeness (QED) is 0.508. The van der Waals surface area contributed by atoms with Gasteiger partial charge in [-0.2, -0.15) is 0 Å². The lowest BCUT2D eigenvalue weighted by molar-refractivity contribution is -0.384. The Hall–Kier alpha value is -2.49. The second kappa shape index (κ2) is 5.87. The lowest BCUT2D eigenvalue weighted by atomic mass is 10.1. The number of carboxylic acid groups (broad SMARTS) is 1. The number of halogens is 1. The molecule has 0 saturated heterocycles. The van der Waals surface area contributed by atoms with Crippen LogP contribution in [0, 0.1) is 15.9 Å². The van der Waals surface area contributed by atoms with E-state index in [0.29, 0.717) is 5.16 Å². The molecule has 0 amide bonds. The largest absolute Gasteiger partial charge is 0.481 e. The third-order valence-corrected chi connectivity index (χ3v) is 3.56. The Morgan fingerprint density at radius 3 is 2.86 bits per heavy atom. The number of rotatable bonds is 5. The van der Waals surface area contributed by atoms with Gasteiger partial charge in [-0.1, -0.05) is 11.8 Å². The van der Waals surface area contributed by atoms with Crippen LogP contribution in [0.25, 0.3) is 11.4 Å². The van der Waals surface area contributed by atoms with E-state index >= 15 is 0 Å². The molecule has 0 aliphatic carbocycles. The highest BCUT2D eigenvalue weighted by molar-refractivity contribution is 7.99. The van der Waals surface area contributed by atoms with Crippen molar-refractivity contribution in [3.05, 3.63) is 34.1 Å². The summed E-state index contributed by atoms with van der Waals surface area (Å²) in [6.45, 7) is 0. The lowest BCUT2D eigenvalue weighted by Crippen LogP contribution is -2.02. The average molecular weight is 312 g/mol. The monoisotopic (exact) mass is 312 g/mol. The Kier molecular flexibility index (Phi) is 4.17. The first-order chi connectivity index (χ1) is 9.90. The number of nitro groups is 1. The van der Waals surface area contributed by atoms with E-state index in [1.807, 2.05) is 0 Å². The molecule has 0 unspecified atom stereocenters. The number of nitrogens with zero attached hydrogens (tertiary/aromatic N) is 4. The van der Waals surface area contributed by atoms with Crippen LogP contribution < -0.4 is 0 Å². The Bertz CT molecular complexity index is 718. The van der Waals surface area contributed by atoms with E-state index in [9.17, 15) is 19.3 Å². The molecule has 10 heteroatoms. The summed E-state index contributed by atoms with van der Waals surface area (Å²) in [6.07, 6.45) is 0. The minimum absolute atomic E-state index is 0.110. The third-order valence-electron chi connectivity index (χ3n) is 2.56. The summed E-state index contributed by atoms with van der Waals surface area (Å²) in [5, 5.41) is 27.5. The van der Waals surface area contributed by atoms with Gasteiger partial charge in [0, 0.05) is 7.05 Å². The van der Waals surface area contributed by atoms with Gasteiger partial charge in [0.25, 0.3) is 5.69 Å². The van der Waals surface area contributed by atoms with Crippen LogP contribution in [0.2, 0.25) is 0 Å². The molecule has 110 valence electrons. The second-order valence-corrected chi connectivity index (χ2v) is 4.91. The molecule has 0 bridgehead atoms. The van der Waals surface area contributed by atoms with Gasteiger partial charge in [-0.05, 0) is 12.1 Å². The number of hydrogen-bond acceptors (Lipinski definition) is 6. The predicted molar refractivity (Wildman–Crippen MR) is 71.4 cm³/mol. The van der Waals surface area contributed by atoms with Gasteiger partial charge in [-0.3, -0.25) is 14.9 Å². The van der Waals surface area contributed by atoms with Gasteiger partial charge in [0.05, 0.1) is 22.3 Å². The fourth-order valence-electron chi connectivity index (χ4n) is 1.65. The smallest absolute Gasteiger partial charge is 0.313 e. The number of nitro benzene ring substituents is 1. The first-order valence-electron chi connectivity index (χ1n) is 5.58. The maximum atomic E-state index is 13.1. The SMILES string of the molecule is Cn1c(SCC(=O)O)nnc1-c1ccc(F)cc1[N+](=O)[O-]. The normalized spacial score (nSPS) is 10.6. The van der Waals surface area contributed by atoms with Gasteiger partial charge in [-0.15, -0.1) is 10.2 Å². The molecular weight excluding hydrogens is 303 g/mol. The molecule has 0 radical (unpaired) electrons. The van der Waals surface area contributed by atoms with Gasteiger partial charge in [-0.25, -0.2) is 4.39 Å². The molecule has 0 spiro atoms. The van der Waals surface area contributed by atoms with Crippen molar-refractivity contribution in [3.8, 4) is 11.4 Å². The fraction of sp³-hybridized carbons (Fsp3) is 0.182. The molecule has 1 heterocycles. The molecule has 0 aliphatic heterocycles. The fourth-order valence-corrected chi connectivity index (χ4v) is 2.28. The number of benzene rings is 1. The molecule has 2 aromatic rings. The first kappa shape index (κ1) is 14.9. The van der Waals surface area contributed by atoms with Crippen LogP contribution >= 0.6 is 11.8 Å². The maximum absolute atomic E-state index is 13.1. The molecular formula is C11H9FN4O4S. The zero-order chi connectivity index (χ0) is 15.6. The summed E-state index contributed by atoms with van der Waals surface area (Å²) >= 11 is 0.934. The predicted octanol–water partition coefficient (Wildman–Crippen LogP) is 1.71. The summed E-state index contributed by atoms with van der Waals surface area (Å²) in [5.41, 5.74) is -0.321. The van der Waals surface area contributed by atoms with E-state index in [1.54, 1.807) is 7.05 Å².